The number of halogens is 1. The van der Waals surface area contributed by atoms with Crippen molar-refractivity contribution in [3.05, 3.63) is 125 Å². The van der Waals surface area contributed by atoms with E-state index in [1.165, 1.54) is 40.4 Å². The Morgan fingerprint density at radius 3 is 2.36 bits per heavy atom. The van der Waals surface area contributed by atoms with Gasteiger partial charge in [-0.2, -0.15) is 11.3 Å². The van der Waals surface area contributed by atoms with Gasteiger partial charge in [0.15, 0.2) is 15.6 Å². The number of carbonyl (C=O) groups excluding carboxylic acids is 1. The van der Waals surface area contributed by atoms with Crippen LogP contribution in [0.1, 0.15) is 18.1 Å². The number of para-hydroxylation sites is 1. The van der Waals surface area contributed by atoms with Crippen LogP contribution >= 0.6 is 11.3 Å². The van der Waals surface area contributed by atoms with Gasteiger partial charge in [0, 0.05) is 27.6 Å². The number of aryl methyl sites for hydroxylation is 1. The predicted octanol–water partition coefficient (Wildman–Crippen LogP) is 7.77. The number of hydrogen-bond donors (Lipinski definition) is 1. The van der Waals surface area contributed by atoms with Gasteiger partial charge < -0.3 is 9.84 Å². The maximum atomic E-state index is 15.5. The summed E-state index contributed by atoms with van der Waals surface area (Å²) in [5.41, 5.74) is 2.84. The molecular weight excluding hydrogens is 700 g/mol. The molecule has 0 aliphatic heterocycles. The first-order chi connectivity index (χ1) is 23.9. The summed E-state index contributed by atoms with van der Waals surface area (Å²) >= 11 is 1.22. The van der Waals surface area contributed by atoms with E-state index >= 15 is 4.39 Å². The molecule has 2 aromatic heterocycles. The normalized spacial score (nSPS) is 11.8. The zero-order valence-electron chi connectivity index (χ0n) is 26.8. The molecule has 0 saturated carbocycles. The van der Waals surface area contributed by atoms with Gasteiger partial charge in [-0.1, -0.05) is 60.2 Å². The van der Waals surface area contributed by atoms with Crippen LogP contribution in [0.2, 0.25) is 0 Å². The number of aromatic nitrogens is 1. The van der Waals surface area contributed by atoms with Crippen molar-refractivity contribution in [3.63, 3.8) is 0 Å². The molecule has 0 bridgehead atoms. The quantitative estimate of drug-likeness (QED) is 0.113. The minimum absolute atomic E-state index is 0.0432. The molecule has 0 radical (unpaired) electrons. The van der Waals surface area contributed by atoms with Crippen molar-refractivity contribution in [2.75, 3.05) is 12.4 Å². The highest BCUT2D eigenvalue weighted by Gasteiger charge is 2.31. The molecule has 2 heterocycles. The Morgan fingerprint density at radius 2 is 1.66 bits per heavy atom. The fourth-order valence-corrected chi connectivity index (χ4v) is 9.50. The molecule has 13 heteroatoms. The number of esters is 1. The number of ether oxygens (including phenoxy) is 1. The molecule has 0 atom stereocenters. The molecule has 6 aromatic rings. The Hall–Kier alpha value is -5.13. The van der Waals surface area contributed by atoms with Crippen molar-refractivity contribution in [2.24, 2.45) is 0 Å². The van der Waals surface area contributed by atoms with E-state index in [2.05, 4.69) is 4.85 Å². The molecule has 4 aromatic carbocycles. The molecule has 0 fully saturated rings. The third-order valence-corrected chi connectivity index (χ3v) is 12.3. The van der Waals surface area contributed by atoms with Crippen LogP contribution in [0.5, 0.6) is 0 Å². The Labute approximate surface area is 292 Å². The topological polar surface area (TPSA) is 124 Å². The van der Waals surface area contributed by atoms with Crippen molar-refractivity contribution in [1.82, 2.24) is 3.97 Å². The van der Waals surface area contributed by atoms with Crippen LogP contribution in [0.4, 0.5) is 9.39 Å². The molecule has 0 aliphatic rings. The molecule has 50 heavy (non-hydrogen) atoms. The molecule has 0 aliphatic carbocycles. The second-order valence-electron chi connectivity index (χ2n) is 11.3. The van der Waals surface area contributed by atoms with Gasteiger partial charge in [0.1, 0.15) is 5.82 Å². The molecule has 0 unspecified atom stereocenters. The molecule has 0 spiro atoms. The summed E-state index contributed by atoms with van der Waals surface area (Å²) in [6, 6.07) is 24.0. The van der Waals surface area contributed by atoms with E-state index in [-0.39, 0.29) is 22.8 Å². The number of thiophene rings is 1. The summed E-state index contributed by atoms with van der Waals surface area (Å²) in [6.45, 7) is 10.2. The summed E-state index contributed by atoms with van der Waals surface area (Å²) in [7, 11) is -8.70. The third-order valence-electron chi connectivity index (χ3n) is 8.14. The first-order valence-electron chi connectivity index (χ1n) is 15.2. The van der Waals surface area contributed by atoms with E-state index in [4.69, 9.17) is 11.3 Å². The van der Waals surface area contributed by atoms with Crippen molar-refractivity contribution in [3.8, 4) is 33.5 Å². The SMILES string of the molecule is [C-]#[N+]c1sccc1-c1c(-c2cccc(-c3cc(F)c(CO)c(S(=O)(=O)CC(=O)OCC)c3)c2)n(S(=O)(=O)c2ccc(C)cc2)c2ccccc12. The number of carbonyl (C=O) groups is 1. The first-order valence-corrected chi connectivity index (χ1v) is 19.2. The minimum atomic E-state index is -4.45. The maximum absolute atomic E-state index is 15.5. The van der Waals surface area contributed by atoms with Crippen molar-refractivity contribution in [2.45, 2.75) is 30.2 Å². The first kappa shape index (κ1) is 34.7. The molecule has 0 saturated heterocycles. The van der Waals surface area contributed by atoms with E-state index in [1.807, 2.05) is 6.92 Å². The smallest absolute Gasteiger partial charge is 0.321 e. The summed E-state index contributed by atoms with van der Waals surface area (Å²) in [5.74, 6) is -3.08. The van der Waals surface area contributed by atoms with Gasteiger partial charge in [-0.15, -0.1) is 0 Å². The van der Waals surface area contributed by atoms with E-state index in [9.17, 15) is 26.7 Å². The van der Waals surface area contributed by atoms with Crippen LogP contribution in [0.25, 0.3) is 49.3 Å². The van der Waals surface area contributed by atoms with Gasteiger partial charge in [-0.3, -0.25) is 4.79 Å². The summed E-state index contributed by atoms with van der Waals surface area (Å²) in [4.78, 5) is 15.3. The van der Waals surface area contributed by atoms with Gasteiger partial charge >= 0.3 is 5.97 Å². The van der Waals surface area contributed by atoms with Crippen LogP contribution in [-0.4, -0.2) is 44.2 Å². The second kappa shape index (κ2) is 13.6. The lowest BCUT2D eigenvalue weighted by atomic mass is 9.96. The van der Waals surface area contributed by atoms with Crippen LogP contribution < -0.4 is 0 Å². The van der Waals surface area contributed by atoms with Gasteiger partial charge in [0.25, 0.3) is 10.0 Å². The summed E-state index contributed by atoms with van der Waals surface area (Å²) in [6.07, 6.45) is 0. The highest BCUT2D eigenvalue weighted by Crippen LogP contribution is 2.48. The predicted molar refractivity (Wildman–Crippen MR) is 191 cm³/mol. The number of aliphatic hydroxyl groups is 1. The number of benzene rings is 4. The van der Waals surface area contributed by atoms with Crippen LogP contribution in [0, 0.1) is 19.3 Å². The lowest BCUT2D eigenvalue weighted by Gasteiger charge is -2.16. The Bertz CT molecular complexity index is 2550. The molecule has 9 nitrogen and oxygen atoms in total. The highest BCUT2D eigenvalue weighted by molar-refractivity contribution is 7.92. The zero-order valence-corrected chi connectivity index (χ0v) is 29.2. The molecule has 0 amide bonds. The largest absolute Gasteiger partial charge is 0.465 e. The Kier molecular flexibility index (Phi) is 9.48. The van der Waals surface area contributed by atoms with E-state index in [0.29, 0.717) is 38.2 Å². The minimum Gasteiger partial charge on any atom is -0.465 e. The van der Waals surface area contributed by atoms with Gasteiger partial charge in [0.2, 0.25) is 5.00 Å². The Morgan fingerprint density at radius 1 is 0.940 bits per heavy atom. The number of rotatable bonds is 10. The number of nitrogens with zero attached hydrogens (tertiary/aromatic N) is 2. The lowest BCUT2D eigenvalue weighted by Crippen LogP contribution is -2.20. The summed E-state index contributed by atoms with van der Waals surface area (Å²) in [5, 5.41) is 12.6. The fourth-order valence-electron chi connectivity index (χ4n) is 5.88. The van der Waals surface area contributed by atoms with Crippen LogP contribution in [0.3, 0.4) is 0 Å². The molecule has 6 rings (SSSR count). The van der Waals surface area contributed by atoms with E-state index in [1.54, 1.807) is 72.1 Å². The molecule has 254 valence electrons. The van der Waals surface area contributed by atoms with Crippen molar-refractivity contribution in [1.29, 1.82) is 0 Å². The maximum Gasteiger partial charge on any atom is 0.321 e. The van der Waals surface area contributed by atoms with Crippen molar-refractivity contribution >= 4 is 53.1 Å². The second-order valence-corrected chi connectivity index (χ2v) is 16.0. The standard InChI is InChI=1S/C37H29FN2O7S3/c1-4-47-34(42)22-49(43,44)33-20-26(19-31(38)30(33)21-41)24-8-7-9-25(18-24)36-35(29-16-17-48-37(29)39-3)28-10-5-6-11-32(28)40(36)50(45,46)27-14-12-23(2)13-15-27/h5-20,41H,4,21-22H2,1-2H3. The fraction of sp³-hybridized carbons (Fsp3) is 0.135. The summed E-state index contributed by atoms with van der Waals surface area (Å²) < 4.78 is 77.3. The number of sulfone groups is 1. The monoisotopic (exact) mass is 728 g/mol. The number of fused-ring (bicyclic) bond motifs is 1. The zero-order chi connectivity index (χ0) is 35.8. The van der Waals surface area contributed by atoms with Crippen molar-refractivity contribution < 1.29 is 35.9 Å². The number of hydrogen-bond acceptors (Lipinski definition) is 8. The van der Waals surface area contributed by atoms with Crippen LogP contribution in [-0.2, 0) is 36.0 Å². The number of aliphatic hydroxyl groups excluding tert-OH is 1. The molecular formula is C37H29FN2O7S3. The van der Waals surface area contributed by atoms with Crippen LogP contribution in [0.15, 0.2) is 106 Å². The van der Waals surface area contributed by atoms with Gasteiger partial charge in [-0.25, -0.2) is 30.0 Å². The van der Waals surface area contributed by atoms with Gasteiger partial charge in [0.05, 0.1) is 40.8 Å². The molecule has 1 N–H and O–H groups in total. The highest BCUT2D eigenvalue weighted by atomic mass is 32.2. The van der Waals surface area contributed by atoms with E-state index in [0.717, 1.165) is 11.6 Å². The van der Waals surface area contributed by atoms with Gasteiger partial charge in [-0.05, 0) is 66.8 Å². The lowest BCUT2D eigenvalue weighted by molar-refractivity contribution is -0.139. The average molecular weight is 729 g/mol. The third kappa shape index (κ3) is 6.23. The average Bonchev–Trinajstić information content (AvgIpc) is 3.70. The van der Waals surface area contributed by atoms with E-state index < -0.39 is 54.5 Å². The Balaban J connectivity index is 1.64.